The summed E-state index contributed by atoms with van der Waals surface area (Å²) >= 11 is 1.32. The van der Waals surface area contributed by atoms with Crippen LogP contribution in [0.15, 0.2) is 69.1 Å². The van der Waals surface area contributed by atoms with E-state index in [4.69, 9.17) is 9.51 Å². The van der Waals surface area contributed by atoms with E-state index >= 15 is 0 Å². The van der Waals surface area contributed by atoms with Crippen LogP contribution in [-0.2, 0) is 5.75 Å². The highest BCUT2D eigenvalue weighted by atomic mass is 32.2. The summed E-state index contributed by atoms with van der Waals surface area (Å²) in [5, 5.41) is 4.45. The monoisotopic (exact) mass is 447 g/mol. The Kier molecular flexibility index (Phi) is 5.10. The van der Waals surface area contributed by atoms with Crippen LogP contribution in [0.2, 0.25) is 0 Å². The van der Waals surface area contributed by atoms with Crippen molar-refractivity contribution in [3.8, 4) is 17.1 Å². The third-order valence-electron chi connectivity index (χ3n) is 4.92. The highest BCUT2D eigenvalue weighted by Gasteiger charge is 2.17. The number of hydrogen-bond donors (Lipinski definition) is 1. The first-order valence-electron chi connectivity index (χ1n) is 9.89. The number of H-pyrrole nitrogens is 1. The average molecular weight is 447 g/mol. The van der Waals surface area contributed by atoms with Gasteiger partial charge in [0.05, 0.1) is 17.0 Å². The van der Waals surface area contributed by atoms with Gasteiger partial charge in [-0.2, -0.15) is 4.98 Å². The lowest BCUT2D eigenvalue weighted by molar-refractivity contribution is 0.391. The smallest absolute Gasteiger partial charge is 0.283 e. The molecule has 0 aliphatic heterocycles. The zero-order valence-corrected chi connectivity index (χ0v) is 18.1. The Morgan fingerprint density at radius 2 is 1.91 bits per heavy atom. The number of nitrogens with zero attached hydrogens (tertiary/aromatic N) is 4. The number of benzene rings is 2. The first-order valence-corrected chi connectivity index (χ1v) is 10.9. The van der Waals surface area contributed by atoms with E-state index in [2.05, 4.69) is 15.1 Å². The van der Waals surface area contributed by atoms with Crippen LogP contribution < -0.4 is 5.56 Å². The molecule has 0 atom stereocenters. The molecule has 2 aromatic carbocycles. The second-order valence-electron chi connectivity index (χ2n) is 7.39. The number of aryl methyl sites for hydroxylation is 2. The van der Waals surface area contributed by atoms with Crippen molar-refractivity contribution in [1.82, 2.24) is 24.7 Å². The van der Waals surface area contributed by atoms with Crippen molar-refractivity contribution in [2.45, 2.75) is 24.8 Å². The first-order chi connectivity index (χ1) is 15.5. The van der Waals surface area contributed by atoms with E-state index in [-0.39, 0.29) is 11.4 Å². The predicted molar refractivity (Wildman–Crippen MR) is 120 cm³/mol. The van der Waals surface area contributed by atoms with E-state index in [1.807, 2.05) is 44.2 Å². The number of rotatable bonds is 5. The number of aromatic amines is 1. The molecule has 0 amide bonds. The van der Waals surface area contributed by atoms with E-state index in [0.29, 0.717) is 39.2 Å². The minimum atomic E-state index is -0.371. The van der Waals surface area contributed by atoms with Gasteiger partial charge in [-0.25, -0.2) is 9.37 Å². The standard InChI is InChI=1S/C23H18FN5O2S/c1-13-6-8-17(9-7-13)29-22(30)20-18(10-14(2)25-20)26-23(29)32-12-19-27-21(28-31-19)15-4-3-5-16(24)11-15/h3-11,25H,12H2,1-2H3. The minimum absolute atomic E-state index is 0.180. The molecule has 160 valence electrons. The molecule has 32 heavy (non-hydrogen) atoms. The third kappa shape index (κ3) is 3.82. The van der Waals surface area contributed by atoms with Crippen LogP contribution in [0.3, 0.4) is 0 Å². The lowest BCUT2D eigenvalue weighted by Crippen LogP contribution is -2.21. The quantitative estimate of drug-likeness (QED) is 0.307. The van der Waals surface area contributed by atoms with Gasteiger partial charge in [-0.1, -0.05) is 46.7 Å². The summed E-state index contributed by atoms with van der Waals surface area (Å²) in [6, 6.07) is 15.5. The van der Waals surface area contributed by atoms with Gasteiger partial charge in [0.25, 0.3) is 5.56 Å². The van der Waals surface area contributed by atoms with Crippen LogP contribution in [0.4, 0.5) is 4.39 Å². The lowest BCUT2D eigenvalue weighted by Gasteiger charge is -2.11. The molecule has 5 aromatic rings. The van der Waals surface area contributed by atoms with E-state index in [9.17, 15) is 9.18 Å². The van der Waals surface area contributed by atoms with Gasteiger partial charge in [0.1, 0.15) is 11.3 Å². The van der Waals surface area contributed by atoms with E-state index in [1.165, 1.54) is 23.9 Å². The minimum Gasteiger partial charge on any atom is -0.353 e. The normalized spacial score (nSPS) is 11.3. The Hall–Kier alpha value is -3.72. The number of aromatic nitrogens is 5. The average Bonchev–Trinajstić information content (AvgIpc) is 3.40. The second kappa shape index (κ2) is 8.08. The molecule has 1 N–H and O–H groups in total. The van der Waals surface area contributed by atoms with Crippen LogP contribution in [0, 0.1) is 19.7 Å². The molecule has 0 bridgehead atoms. The zero-order chi connectivity index (χ0) is 22.2. The van der Waals surface area contributed by atoms with E-state index in [1.54, 1.807) is 16.7 Å². The predicted octanol–water partition coefficient (Wildman–Crippen LogP) is 4.81. The lowest BCUT2D eigenvalue weighted by atomic mass is 10.2. The summed E-state index contributed by atoms with van der Waals surface area (Å²) in [7, 11) is 0. The number of hydrogen-bond acceptors (Lipinski definition) is 6. The van der Waals surface area contributed by atoms with Gasteiger partial charge < -0.3 is 9.51 Å². The summed E-state index contributed by atoms with van der Waals surface area (Å²) in [5.41, 5.74) is 4.08. The van der Waals surface area contributed by atoms with Gasteiger partial charge in [0.15, 0.2) is 5.16 Å². The van der Waals surface area contributed by atoms with Crippen molar-refractivity contribution < 1.29 is 8.91 Å². The summed E-state index contributed by atoms with van der Waals surface area (Å²) in [6.45, 7) is 3.88. The van der Waals surface area contributed by atoms with E-state index in [0.717, 1.165) is 16.9 Å². The molecule has 0 unspecified atom stereocenters. The van der Waals surface area contributed by atoms with Crippen molar-refractivity contribution in [3.05, 3.63) is 87.9 Å². The molecule has 0 fully saturated rings. The molecule has 5 rings (SSSR count). The Labute approximate surface area is 186 Å². The molecular weight excluding hydrogens is 429 g/mol. The Bertz CT molecular complexity index is 1490. The topological polar surface area (TPSA) is 89.6 Å². The molecular formula is C23H18FN5O2S. The fraction of sp³-hybridized carbons (Fsp3) is 0.130. The number of fused-ring (bicyclic) bond motifs is 1. The van der Waals surface area contributed by atoms with Crippen molar-refractivity contribution in [2.24, 2.45) is 0 Å². The van der Waals surface area contributed by atoms with Crippen LogP contribution in [-0.4, -0.2) is 24.7 Å². The maximum absolute atomic E-state index is 13.5. The zero-order valence-electron chi connectivity index (χ0n) is 17.3. The highest BCUT2D eigenvalue weighted by Crippen LogP contribution is 2.26. The number of halogens is 1. The molecule has 0 saturated carbocycles. The fourth-order valence-corrected chi connectivity index (χ4v) is 4.23. The maximum atomic E-state index is 13.5. The Morgan fingerprint density at radius 1 is 1.09 bits per heavy atom. The molecule has 7 nitrogen and oxygen atoms in total. The Morgan fingerprint density at radius 3 is 2.69 bits per heavy atom. The molecule has 0 radical (unpaired) electrons. The van der Waals surface area contributed by atoms with Crippen molar-refractivity contribution >= 4 is 22.8 Å². The second-order valence-corrected chi connectivity index (χ2v) is 8.34. The first kappa shape index (κ1) is 20.2. The van der Waals surface area contributed by atoms with Gasteiger partial charge in [-0.05, 0) is 44.2 Å². The molecule has 0 aliphatic carbocycles. The van der Waals surface area contributed by atoms with Gasteiger partial charge >= 0.3 is 0 Å². The maximum Gasteiger partial charge on any atom is 0.283 e. The summed E-state index contributed by atoms with van der Waals surface area (Å²) in [6.07, 6.45) is 0. The summed E-state index contributed by atoms with van der Waals surface area (Å²) in [5.74, 6) is 0.588. The van der Waals surface area contributed by atoms with Crippen molar-refractivity contribution in [1.29, 1.82) is 0 Å². The molecule has 3 aromatic heterocycles. The van der Waals surface area contributed by atoms with Crippen LogP contribution >= 0.6 is 11.8 Å². The van der Waals surface area contributed by atoms with Crippen molar-refractivity contribution in [3.63, 3.8) is 0 Å². The molecule has 0 aliphatic rings. The molecule has 3 heterocycles. The number of thioether (sulfide) groups is 1. The van der Waals surface area contributed by atoms with Gasteiger partial charge in [-0.3, -0.25) is 9.36 Å². The molecule has 0 saturated heterocycles. The van der Waals surface area contributed by atoms with Crippen LogP contribution in [0.25, 0.3) is 28.1 Å². The van der Waals surface area contributed by atoms with Gasteiger partial charge in [0.2, 0.25) is 11.7 Å². The SMILES string of the molecule is Cc1ccc(-n2c(SCc3nc(-c4cccc(F)c4)no3)nc3cc(C)[nH]c3c2=O)cc1. The molecule has 9 heteroatoms. The van der Waals surface area contributed by atoms with E-state index < -0.39 is 0 Å². The Balaban J connectivity index is 1.51. The molecule has 0 spiro atoms. The van der Waals surface area contributed by atoms with Gasteiger partial charge in [-0.15, -0.1) is 0 Å². The fourth-order valence-electron chi connectivity index (χ4n) is 3.38. The number of nitrogens with one attached hydrogen (secondary N) is 1. The highest BCUT2D eigenvalue weighted by molar-refractivity contribution is 7.98. The van der Waals surface area contributed by atoms with Gasteiger partial charge in [0, 0.05) is 11.3 Å². The largest absolute Gasteiger partial charge is 0.353 e. The van der Waals surface area contributed by atoms with Crippen LogP contribution in [0.1, 0.15) is 17.1 Å². The van der Waals surface area contributed by atoms with Crippen LogP contribution in [0.5, 0.6) is 0 Å². The van der Waals surface area contributed by atoms with Crippen molar-refractivity contribution in [2.75, 3.05) is 0 Å². The summed E-state index contributed by atoms with van der Waals surface area (Å²) in [4.78, 5) is 25.4. The third-order valence-corrected chi connectivity index (χ3v) is 5.85. The summed E-state index contributed by atoms with van der Waals surface area (Å²) < 4.78 is 20.4.